The van der Waals surface area contributed by atoms with Gasteiger partial charge in [-0.25, -0.2) is 13.1 Å². The molecule has 0 bridgehead atoms. The number of sulfonamides is 1. The minimum atomic E-state index is -3.49. The van der Waals surface area contributed by atoms with Gasteiger partial charge in [0.05, 0.1) is 17.8 Å². The summed E-state index contributed by atoms with van der Waals surface area (Å²) >= 11 is 0. The van der Waals surface area contributed by atoms with Crippen LogP contribution in [0.4, 0.5) is 0 Å². The second-order valence-corrected chi connectivity index (χ2v) is 7.90. The quantitative estimate of drug-likeness (QED) is 0.743. The lowest BCUT2D eigenvalue weighted by Gasteiger charge is -2.09. The molecular formula is C15H27N3O3S. The van der Waals surface area contributed by atoms with E-state index < -0.39 is 10.0 Å². The lowest BCUT2D eigenvalue weighted by Crippen LogP contribution is -2.26. The number of aromatic nitrogens is 2. The Labute approximate surface area is 133 Å². The van der Waals surface area contributed by atoms with E-state index in [0.717, 1.165) is 12.8 Å². The molecule has 126 valence electrons. The summed E-state index contributed by atoms with van der Waals surface area (Å²) in [5.74, 6) is 0. The van der Waals surface area contributed by atoms with Crippen LogP contribution >= 0.6 is 0 Å². The van der Waals surface area contributed by atoms with E-state index in [4.69, 9.17) is 4.74 Å². The second-order valence-electron chi connectivity index (χ2n) is 6.17. The highest BCUT2D eigenvalue weighted by Crippen LogP contribution is 2.30. The first-order chi connectivity index (χ1) is 10.4. The molecule has 1 N–H and O–H groups in total. The van der Waals surface area contributed by atoms with Gasteiger partial charge in [-0.05, 0) is 40.0 Å². The minimum absolute atomic E-state index is 0.170. The first kappa shape index (κ1) is 17.4. The van der Waals surface area contributed by atoms with Gasteiger partial charge in [-0.1, -0.05) is 12.8 Å². The Balaban J connectivity index is 1.94. The highest BCUT2D eigenvalue weighted by Gasteiger charge is 2.24. The molecule has 1 aromatic rings. The van der Waals surface area contributed by atoms with Crippen molar-refractivity contribution in [3.8, 4) is 0 Å². The van der Waals surface area contributed by atoms with E-state index in [2.05, 4.69) is 9.82 Å². The van der Waals surface area contributed by atoms with Crippen LogP contribution in [0.2, 0.25) is 0 Å². The van der Waals surface area contributed by atoms with Gasteiger partial charge in [-0.3, -0.25) is 4.68 Å². The van der Waals surface area contributed by atoms with Gasteiger partial charge in [0.1, 0.15) is 4.90 Å². The Morgan fingerprint density at radius 2 is 2.09 bits per heavy atom. The van der Waals surface area contributed by atoms with Gasteiger partial charge in [0.2, 0.25) is 10.0 Å². The molecule has 1 aromatic heterocycles. The molecule has 1 heterocycles. The Bertz CT molecular complexity index is 575. The SMILES string of the molecule is Cc1nn(C2CCCC2)cc1S(=O)(=O)NCCCOC(C)C. The van der Waals surface area contributed by atoms with E-state index in [0.29, 0.717) is 36.2 Å². The largest absolute Gasteiger partial charge is 0.379 e. The van der Waals surface area contributed by atoms with Gasteiger partial charge >= 0.3 is 0 Å². The fourth-order valence-corrected chi connectivity index (χ4v) is 4.01. The molecular weight excluding hydrogens is 302 g/mol. The maximum atomic E-state index is 12.4. The molecule has 0 unspecified atom stereocenters. The molecule has 6 nitrogen and oxygen atoms in total. The van der Waals surface area contributed by atoms with Crippen LogP contribution in [0.1, 0.15) is 57.7 Å². The number of nitrogens with zero attached hydrogens (tertiary/aromatic N) is 2. The molecule has 1 aliphatic rings. The van der Waals surface area contributed by atoms with Crippen LogP contribution in [-0.2, 0) is 14.8 Å². The standard InChI is InChI=1S/C15H27N3O3S/c1-12(2)21-10-6-9-16-22(19,20)15-11-18(17-13(15)3)14-7-4-5-8-14/h11-12,14,16H,4-10H2,1-3H3. The van der Waals surface area contributed by atoms with Crippen molar-refractivity contribution in [3.63, 3.8) is 0 Å². The van der Waals surface area contributed by atoms with Crippen molar-refractivity contribution in [1.82, 2.24) is 14.5 Å². The van der Waals surface area contributed by atoms with Crippen LogP contribution in [0.5, 0.6) is 0 Å². The van der Waals surface area contributed by atoms with Crippen molar-refractivity contribution in [1.29, 1.82) is 0 Å². The van der Waals surface area contributed by atoms with Crippen LogP contribution in [-0.4, -0.2) is 37.5 Å². The summed E-state index contributed by atoms with van der Waals surface area (Å²) in [4.78, 5) is 0.296. The number of nitrogens with one attached hydrogen (secondary N) is 1. The van der Waals surface area contributed by atoms with E-state index in [9.17, 15) is 8.42 Å². The molecule has 0 radical (unpaired) electrons. The number of aryl methyl sites for hydroxylation is 1. The summed E-state index contributed by atoms with van der Waals surface area (Å²) in [6.07, 6.45) is 7.06. The van der Waals surface area contributed by atoms with Crippen molar-refractivity contribution < 1.29 is 13.2 Å². The number of hydrogen-bond acceptors (Lipinski definition) is 4. The summed E-state index contributed by atoms with van der Waals surface area (Å²) in [7, 11) is -3.49. The Kier molecular flexibility index (Phi) is 6.00. The number of rotatable bonds is 8. The van der Waals surface area contributed by atoms with Gasteiger partial charge in [0.15, 0.2) is 0 Å². The van der Waals surface area contributed by atoms with Crippen molar-refractivity contribution in [2.75, 3.05) is 13.2 Å². The molecule has 0 spiro atoms. The molecule has 0 saturated heterocycles. The topological polar surface area (TPSA) is 73.2 Å². The first-order valence-electron chi connectivity index (χ1n) is 8.07. The second kappa shape index (κ2) is 7.57. The summed E-state index contributed by atoms with van der Waals surface area (Å²) in [6.45, 7) is 6.61. The highest BCUT2D eigenvalue weighted by atomic mass is 32.2. The maximum Gasteiger partial charge on any atom is 0.243 e. The third kappa shape index (κ3) is 4.54. The normalized spacial score (nSPS) is 16.7. The lowest BCUT2D eigenvalue weighted by atomic mass is 10.3. The van der Waals surface area contributed by atoms with Crippen molar-refractivity contribution in [2.24, 2.45) is 0 Å². The third-order valence-electron chi connectivity index (χ3n) is 3.92. The minimum Gasteiger partial charge on any atom is -0.379 e. The monoisotopic (exact) mass is 329 g/mol. The summed E-state index contributed by atoms with van der Waals surface area (Å²) in [5.41, 5.74) is 0.567. The number of ether oxygens (including phenoxy) is 1. The molecule has 1 aliphatic carbocycles. The average molecular weight is 329 g/mol. The molecule has 0 aromatic carbocycles. The van der Waals surface area contributed by atoms with E-state index in [1.54, 1.807) is 13.1 Å². The molecule has 7 heteroatoms. The average Bonchev–Trinajstić information content (AvgIpc) is 3.06. The van der Waals surface area contributed by atoms with Gasteiger partial charge in [0, 0.05) is 19.3 Å². The highest BCUT2D eigenvalue weighted by molar-refractivity contribution is 7.89. The van der Waals surface area contributed by atoms with Crippen LogP contribution in [0.15, 0.2) is 11.1 Å². The van der Waals surface area contributed by atoms with Crippen LogP contribution in [0.25, 0.3) is 0 Å². The first-order valence-corrected chi connectivity index (χ1v) is 9.55. The summed E-state index contributed by atoms with van der Waals surface area (Å²) in [5, 5.41) is 4.40. The van der Waals surface area contributed by atoms with E-state index >= 15 is 0 Å². The van der Waals surface area contributed by atoms with Crippen LogP contribution in [0.3, 0.4) is 0 Å². The van der Waals surface area contributed by atoms with Gasteiger partial charge in [0.25, 0.3) is 0 Å². The van der Waals surface area contributed by atoms with Crippen molar-refractivity contribution in [2.45, 2.75) is 69.9 Å². The predicted octanol–water partition coefficient (Wildman–Crippen LogP) is 2.40. The Hall–Kier alpha value is -0.920. The fourth-order valence-electron chi connectivity index (χ4n) is 2.76. The maximum absolute atomic E-state index is 12.4. The van der Waals surface area contributed by atoms with Crippen LogP contribution in [0, 0.1) is 6.92 Å². The van der Waals surface area contributed by atoms with Crippen LogP contribution < -0.4 is 4.72 Å². The third-order valence-corrected chi connectivity index (χ3v) is 5.49. The zero-order valence-electron chi connectivity index (χ0n) is 13.7. The van der Waals surface area contributed by atoms with E-state index in [1.165, 1.54) is 12.8 Å². The smallest absolute Gasteiger partial charge is 0.243 e. The summed E-state index contributed by atoms with van der Waals surface area (Å²) < 4.78 is 34.6. The molecule has 0 atom stereocenters. The van der Waals surface area contributed by atoms with E-state index in [1.807, 2.05) is 18.5 Å². The fraction of sp³-hybridized carbons (Fsp3) is 0.800. The van der Waals surface area contributed by atoms with Gasteiger partial charge < -0.3 is 4.74 Å². The molecule has 0 aliphatic heterocycles. The van der Waals surface area contributed by atoms with E-state index in [-0.39, 0.29) is 6.10 Å². The number of hydrogen-bond donors (Lipinski definition) is 1. The summed E-state index contributed by atoms with van der Waals surface area (Å²) in [6, 6.07) is 0.349. The lowest BCUT2D eigenvalue weighted by molar-refractivity contribution is 0.0778. The zero-order valence-corrected chi connectivity index (χ0v) is 14.5. The zero-order chi connectivity index (χ0) is 16.2. The van der Waals surface area contributed by atoms with Gasteiger partial charge in [-0.15, -0.1) is 0 Å². The molecule has 0 amide bonds. The molecule has 2 rings (SSSR count). The van der Waals surface area contributed by atoms with Gasteiger partial charge in [-0.2, -0.15) is 5.10 Å². The molecule has 22 heavy (non-hydrogen) atoms. The Morgan fingerprint density at radius 3 is 2.73 bits per heavy atom. The molecule has 1 fully saturated rings. The molecule has 1 saturated carbocycles. The van der Waals surface area contributed by atoms with Crippen molar-refractivity contribution >= 4 is 10.0 Å². The van der Waals surface area contributed by atoms with Crippen molar-refractivity contribution in [3.05, 3.63) is 11.9 Å². The predicted molar refractivity (Wildman–Crippen MR) is 85.4 cm³/mol. The Morgan fingerprint density at radius 1 is 1.41 bits per heavy atom.